The van der Waals surface area contributed by atoms with Gasteiger partial charge < -0.3 is 15.0 Å². The molecule has 0 aliphatic heterocycles. The van der Waals surface area contributed by atoms with Gasteiger partial charge in [0.25, 0.3) is 10.0 Å². The third kappa shape index (κ3) is 8.51. The maximum atomic E-state index is 14.5. The van der Waals surface area contributed by atoms with E-state index in [0.717, 1.165) is 26.6 Å². The molecule has 4 rings (SSSR count). The van der Waals surface area contributed by atoms with Crippen molar-refractivity contribution in [3.63, 3.8) is 0 Å². The Morgan fingerprint density at radius 2 is 1.44 bits per heavy atom. The van der Waals surface area contributed by atoms with Crippen molar-refractivity contribution >= 4 is 27.5 Å². The van der Waals surface area contributed by atoms with Crippen molar-refractivity contribution in [2.45, 2.75) is 57.6 Å². The van der Waals surface area contributed by atoms with E-state index in [1.165, 1.54) is 24.1 Å². The average molecular weight is 628 g/mol. The molecule has 0 saturated heterocycles. The molecule has 0 aromatic heterocycles. The third-order valence-electron chi connectivity index (χ3n) is 7.55. The molecule has 0 spiro atoms. The molecule has 1 unspecified atom stereocenters. The summed E-state index contributed by atoms with van der Waals surface area (Å²) in [6.45, 7) is 7.20. The third-order valence-corrected chi connectivity index (χ3v) is 9.34. The number of hydrogen-bond acceptors (Lipinski definition) is 5. The molecule has 0 aliphatic carbocycles. The first-order chi connectivity index (χ1) is 21.5. The van der Waals surface area contributed by atoms with Crippen molar-refractivity contribution in [1.29, 1.82) is 0 Å². The number of nitrogens with one attached hydrogen (secondary N) is 1. The second-order valence-corrected chi connectivity index (χ2v) is 13.2. The summed E-state index contributed by atoms with van der Waals surface area (Å²) in [5.41, 5.74) is 3.99. The van der Waals surface area contributed by atoms with Gasteiger partial charge in [0.2, 0.25) is 11.8 Å². The molecule has 0 radical (unpaired) electrons. The predicted octanol–water partition coefficient (Wildman–Crippen LogP) is 5.67. The van der Waals surface area contributed by atoms with E-state index in [9.17, 15) is 18.0 Å². The molecule has 1 N–H and O–H groups in total. The molecular formula is C36H41N3O5S. The molecule has 0 bridgehead atoms. The van der Waals surface area contributed by atoms with Crippen LogP contribution in [0.2, 0.25) is 0 Å². The number of carbonyl (C=O) groups excluding carboxylic acids is 2. The Bertz CT molecular complexity index is 1690. The maximum absolute atomic E-state index is 14.5. The second-order valence-electron chi connectivity index (χ2n) is 11.3. The number of aryl methyl sites for hydroxylation is 2. The number of methoxy groups -OCH3 is 1. The van der Waals surface area contributed by atoms with Crippen molar-refractivity contribution in [2.24, 2.45) is 0 Å². The van der Waals surface area contributed by atoms with Crippen LogP contribution in [0.5, 0.6) is 5.75 Å². The lowest BCUT2D eigenvalue weighted by Crippen LogP contribution is -2.54. The van der Waals surface area contributed by atoms with Gasteiger partial charge in [-0.3, -0.25) is 13.9 Å². The minimum absolute atomic E-state index is 0.0144. The molecule has 4 aromatic rings. The van der Waals surface area contributed by atoms with Crippen molar-refractivity contribution in [3.8, 4) is 5.75 Å². The highest BCUT2D eigenvalue weighted by Crippen LogP contribution is 2.27. The fraction of sp³-hybridized carbons (Fsp3) is 0.278. The van der Waals surface area contributed by atoms with E-state index in [0.29, 0.717) is 11.4 Å². The Hall–Kier alpha value is -4.63. The molecule has 0 fully saturated rings. The Kier molecular flexibility index (Phi) is 11.0. The number of nitrogens with zero attached hydrogens (tertiary/aromatic N) is 2. The van der Waals surface area contributed by atoms with Gasteiger partial charge in [-0.05, 0) is 80.8 Å². The number of ether oxygens (including phenoxy) is 1. The first kappa shape index (κ1) is 33.3. The number of amides is 2. The molecule has 1 atom stereocenters. The molecule has 2 amide bonds. The SMILES string of the molecule is COc1ccc(S(=O)(=O)N(CC(=O)N(Cc2ccccc2C)C(Cc2ccccc2)C(=O)NC(C)C)c2ccc(C)cc2)cc1. The molecule has 0 heterocycles. The van der Waals surface area contributed by atoms with Crippen LogP contribution in [0.4, 0.5) is 5.69 Å². The predicted molar refractivity (Wildman–Crippen MR) is 178 cm³/mol. The summed E-state index contributed by atoms with van der Waals surface area (Å²) < 4.78 is 34.7. The zero-order valence-corrected chi connectivity index (χ0v) is 27.3. The number of carbonyl (C=O) groups is 2. The van der Waals surface area contributed by atoms with E-state index < -0.39 is 28.5 Å². The van der Waals surface area contributed by atoms with Gasteiger partial charge in [-0.15, -0.1) is 0 Å². The molecule has 236 valence electrons. The first-order valence-corrected chi connectivity index (χ1v) is 16.4. The van der Waals surface area contributed by atoms with Crippen molar-refractivity contribution in [3.05, 3.63) is 125 Å². The molecule has 9 heteroatoms. The van der Waals surface area contributed by atoms with Gasteiger partial charge in [0.05, 0.1) is 17.7 Å². The van der Waals surface area contributed by atoms with Crippen LogP contribution in [0.15, 0.2) is 108 Å². The minimum Gasteiger partial charge on any atom is -0.497 e. The van der Waals surface area contributed by atoms with Gasteiger partial charge in [0, 0.05) is 19.0 Å². The van der Waals surface area contributed by atoms with Gasteiger partial charge >= 0.3 is 0 Å². The fourth-order valence-electron chi connectivity index (χ4n) is 5.02. The highest BCUT2D eigenvalue weighted by atomic mass is 32.2. The largest absolute Gasteiger partial charge is 0.497 e. The highest BCUT2D eigenvalue weighted by molar-refractivity contribution is 7.92. The van der Waals surface area contributed by atoms with Gasteiger partial charge in [-0.25, -0.2) is 8.42 Å². The number of benzene rings is 4. The van der Waals surface area contributed by atoms with E-state index in [1.807, 2.05) is 82.3 Å². The maximum Gasteiger partial charge on any atom is 0.264 e. The van der Waals surface area contributed by atoms with Crippen LogP contribution in [0.3, 0.4) is 0 Å². The summed E-state index contributed by atoms with van der Waals surface area (Å²) in [6.07, 6.45) is 0.257. The summed E-state index contributed by atoms with van der Waals surface area (Å²) in [6, 6.07) is 29.1. The summed E-state index contributed by atoms with van der Waals surface area (Å²) in [5.74, 6) is -0.303. The fourth-order valence-corrected chi connectivity index (χ4v) is 6.43. The quantitative estimate of drug-likeness (QED) is 0.206. The van der Waals surface area contributed by atoms with Crippen LogP contribution in [-0.4, -0.2) is 50.9 Å². The van der Waals surface area contributed by atoms with Gasteiger partial charge in [0.1, 0.15) is 18.3 Å². The van der Waals surface area contributed by atoms with Crippen LogP contribution in [0.25, 0.3) is 0 Å². The zero-order chi connectivity index (χ0) is 32.6. The second kappa shape index (κ2) is 14.9. The van der Waals surface area contributed by atoms with E-state index in [2.05, 4.69) is 5.32 Å². The van der Waals surface area contributed by atoms with E-state index in [4.69, 9.17) is 4.74 Å². The van der Waals surface area contributed by atoms with Crippen LogP contribution in [0, 0.1) is 13.8 Å². The molecule has 45 heavy (non-hydrogen) atoms. The van der Waals surface area contributed by atoms with Gasteiger partial charge in [-0.1, -0.05) is 72.3 Å². The summed E-state index contributed by atoms with van der Waals surface area (Å²) >= 11 is 0. The zero-order valence-electron chi connectivity index (χ0n) is 26.4. The molecule has 0 aliphatic rings. The molecule has 8 nitrogen and oxygen atoms in total. The molecular weight excluding hydrogens is 586 g/mol. The molecule has 0 saturated carbocycles. The molecule has 4 aromatic carbocycles. The smallest absolute Gasteiger partial charge is 0.264 e. The lowest BCUT2D eigenvalue weighted by molar-refractivity contribution is -0.140. The van der Waals surface area contributed by atoms with E-state index >= 15 is 0 Å². The first-order valence-electron chi connectivity index (χ1n) is 14.9. The monoisotopic (exact) mass is 627 g/mol. The summed E-state index contributed by atoms with van der Waals surface area (Å²) in [5, 5.41) is 2.98. The Labute approximate surface area is 266 Å². The van der Waals surface area contributed by atoms with Crippen molar-refractivity contribution < 1.29 is 22.7 Å². The number of anilines is 1. The van der Waals surface area contributed by atoms with E-state index in [1.54, 1.807) is 36.4 Å². The summed E-state index contributed by atoms with van der Waals surface area (Å²) in [7, 11) is -2.69. The number of hydrogen-bond donors (Lipinski definition) is 1. The summed E-state index contributed by atoms with van der Waals surface area (Å²) in [4.78, 5) is 29.9. The van der Waals surface area contributed by atoms with Crippen LogP contribution < -0.4 is 14.4 Å². The van der Waals surface area contributed by atoms with Crippen LogP contribution in [-0.2, 0) is 32.6 Å². The van der Waals surface area contributed by atoms with Crippen molar-refractivity contribution in [1.82, 2.24) is 10.2 Å². The number of sulfonamides is 1. The van der Waals surface area contributed by atoms with Crippen LogP contribution >= 0.6 is 0 Å². The Morgan fingerprint density at radius 3 is 2.04 bits per heavy atom. The van der Waals surface area contributed by atoms with Crippen molar-refractivity contribution in [2.75, 3.05) is 18.0 Å². The standard InChI is InChI=1S/C36H41N3O5S/c1-26(2)37-36(41)34(23-29-12-7-6-8-13-29)38(24-30-14-10-9-11-28(30)4)35(40)25-39(31-17-15-27(3)16-18-31)45(42,43)33-21-19-32(44-5)20-22-33/h6-22,26,34H,23-25H2,1-5H3,(H,37,41). The van der Waals surface area contributed by atoms with Gasteiger partial charge in [0.15, 0.2) is 0 Å². The lowest BCUT2D eigenvalue weighted by Gasteiger charge is -2.34. The Balaban J connectivity index is 1.81. The topological polar surface area (TPSA) is 96.0 Å². The van der Waals surface area contributed by atoms with Crippen LogP contribution in [0.1, 0.15) is 36.1 Å². The Morgan fingerprint density at radius 1 is 0.822 bits per heavy atom. The number of rotatable bonds is 13. The normalized spacial score (nSPS) is 12.0. The highest BCUT2D eigenvalue weighted by Gasteiger charge is 2.35. The lowest BCUT2D eigenvalue weighted by atomic mass is 10.0. The van der Waals surface area contributed by atoms with Gasteiger partial charge in [-0.2, -0.15) is 0 Å². The van der Waals surface area contributed by atoms with E-state index in [-0.39, 0.29) is 29.8 Å². The minimum atomic E-state index is -4.20. The average Bonchev–Trinajstić information content (AvgIpc) is 3.03.